The van der Waals surface area contributed by atoms with Gasteiger partial charge in [0.15, 0.2) is 0 Å². The average Bonchev–Trinajstić information content (AvgIpc) is 2.65. The molecule has 2 aromatic rings. The zero-order valence-corrected chi connectivity index (χ0v) is 12.0. The van der Waals surface area contributed by atoms with Crippen LogP contribution in [0.2, 0.25) is 0 Å². The first-order chi connectivity index (χ1) is 9.04. The monoisotopic (exact) mass is 259 g/mol. The molecule has 1 atom stereocenters. The van der Waals surface area contributed by atoms with Crippen molar-refractivity contribution in [3.63, 3.8) is 0 Å². The van der Waals surface area contributed by atoms with Crippen molar-refractivity contribution in [2.75, 3.05) is 7.11 Å². The minimum Gasteiger partial charge on any atom is -0.496 e. The Balaban J connectivity index is 2.36. The van der Waals surface area contributed by atoms with Crippen molar-refractivity contribution >= 4 is 0 Å². The molecule has 0 aliphatic heterocycles. The van der Waals surface area contributed by atoms with Gasteiger partial charge in [-0.3, -0.25) is 4.68 Å². The number of hydrogen-bond acceptors (Lipinski definition) is 3. The van der Waals surface area contributed by atoms with Gasteiger partial charge in [-0.25, -0.2) is 0 Å². The lowest BCUT2D eigenvalue weighted by atomic mass is 10.1. The van der Waals surface area contributed by atoms with Crippen LogP contribution < -0.4 is 10.5 Å². The normalized spacial score (nSPS) is 12.5. The number of methoxy groups -OCH3 is 1. The van der Waals surface area contributed by atoms with Crippen molar-refractivity contribution in [3.8, 4) is 5.75 Å². The molecule has 19 heavy (non-hydrogen) atoms. The van der Waals surface area contributed by atoms with Crippen molar-refractivity contribution in [2.24, 2.45) is 5.73 Å². The van der Waals surface area contributed by atoms with Gasteiger partial charge in [0, 0.05) is 22.9 Å². The number of nitrogens with zero attached hydrogens (tertiary/aromatic N) is 2. The molecule has 2 N–H and O–H groups in total. The number of para-hydroxylation sites is 1. The molecule has 0 bridgehead atoms. The van der Waals surface area contributed by atoms with Crippen LogP contribution in [-0.2, 0) is 6.54 Å². The van der Waals surface area contributed by atoms with Crippen molar-refractivity contribution in [1.82, 2.24) is 9.78 Å². The van der Waals surface area contributed by atoms with Crippen LogP contribution in [0.1, 0.15) is 35.5 Å². The Bertz CT molecular complexity index is 573. The number of rotatable bonds is 4. The zero-order valence-electron chi connectivity index (χ0n) is 12.0. The molecule has 0 radical (unpaired) electrons. The summed E-state index contributed by atoms with van der Waals surface area (Å²) >= 11 is 0. The maximum Gasteiger partial charge on any atom is 0.123 e. The molecule has 0 amide bonds. The average molecular weight is 259 g/mol. The van der Waals surface area contributed by atoms with Crippen LogP contribution in [0.3, 0.4) is 0 Å². The van der Waals surface area contributed by atoms with Gasteiger partial charge in [0.2, 0.25) is 0 Å². The summed E-state index contributed by atoms with van der Waals surface area (Å²) in [5.74, 6) is 0.886. The van der Waals surface area contributed by atoms with Gasteiger partial charge in [0.05, 0.1) is 19.3 Å². The quantitative estimate of drug-likeness (QED) is 0.918. The highest BCUT2D eigenvalue weighted by molar-refractivity contribution is 5.34. The number of benzene rings is 1. The van der Waals surface area contributed by atoms with Gasteiger partial charge in [-0.2, -0.15) is 5.10 Å². The van der Waals surface area contributed by atoms with Crippen molar-refractivity contribution in [2.45, 2.75) is 33.4 Å². The molecule has 1 unspecified atom stereocenters. The van der Waals surface area contributed by atoms with Crippen LogP contribution in [0.25, 0.3) is 0 Å². The lowest BCUT2D eigenvalue weighted by Crippen LogP contribution is -2.09. The van der Waals surface area contributed by atoms with E-state index >= 15 is 0 Å². The molecule has 0 fully saturated rings. The van der Waals surface area contributed by atoms with E-state index in [1.807, 2.05) is 36.7 Å². The third-order valence-corrected chi connectivity index (χ3v) is 3.41. The van der Waals surface area contributed by atoms with Crippen molar-refractivity contribution in [3.05, 3.63) is 46.8 Å². The Morgan fingerprint density at radius 3 is 2.58 bits per heavy atom. The molecule has 1 aromatic carbocycles. The van der Waals surface area contributed by atoms with Gasteiger partial charge < -0.3 is 10.5 Å². The van der Waals surface area contributed by atoms with Crippen molar-refractivity contribution < 1.29 is 4.74 Å². The molecule has 1 aromatic heterocycles. The number of aromatic nitrogens is 2. The fourth-order valence-electron chi connectivity index (χ4n) is 2.52. The second-order valence-electron chi connectivity index (χ2n) is 4.84. The molecule has 4 heteroatoms. The maximum atomic E-state index is 6.00. The molecule has 1 heterocycles. The summed E-state index contributed by atoms with van der Waals surface area (Å²) < 4.78 is 7.37. The Morgan fingerprint density at radius 2 is 2.00 bits per heavy atom. The molecular weight excluding hydrogens is 238 g/mol. The minimum absolute atomic E-state index is 0.00594. The topological polar surface area (TPSA) is 53.1 Å². The Kier molecular flexibility index (Phi) is 3.90. The lowest BCUT2D eigenvalue weighted by Gasteiger charge is -2.10. The first-order valence-electron chi connectivity index (χ1n) is 6.46. The van der Waals surface area contributed by atoms with E-state index in [-0.39, 0.29) is 6.04 Å². The minimum atomic E-state index is 0.00594. The first-order valence-corrected chi connectivity index (χ1v) is 6.46. The fraction of sp³-hybridized carbons (Fsp3) is 0.400. The van der Waals surface area contributed by atoms with Crippen LogP contribution in [0.15, 0.2) is 24.3 Å². The number of ether oxygens (including phenoxy) is 1. The molecule has 0 aliphatic carbocycles. The Labute approximate surface area is 114 Å². The number of aryl methyl sites for hydroxylation is 1. The summed E-state index contributed by atoms with van der Waals surface area (Å²) in [6.07, 6.45) is 0. The van der Waals surface area contributed by atoms with Crippen LogP contribution in [-0.4, -0.2) is 16.9 Å². The molecule has 0 saturated heterocycles. The molecule has 2 rings (SSSR count). The third-order valence-electron chi connectivity index (χ3n) is 3.41. The molecule has 102 valence electrons. The SMILES string of the molecule is COc1ccccc1Cn1nc(C)c(C(C)N)c1C. The summed E-state index contributed by atoms with van der Waals surface area (Å²) in [7, 11) is 1.69. The van der Waals surface area contributed by atoms with Gasteiger partial charge in [-0.05, 0) is 26.8 Å². The van der Waals surface area contributed by atoms with Crippen LogP contribution in [0.5, 0.6) is 5.75 Å². The van der Waals surface area contributed by atoms with Crippen molar-refractivity contribution in [1.29, 1.82) is 0 Å². The van der Waals surface area contributed by atoms with Gasteiger partial charge in [0.25, 0.3) is 0 Å². The maximum absolute atomic E-state index is 6.00. The summed E-state index contributed by atoms with van der Waals surface area (Å²) in [6.45, 7) is 6.76. The summed E-state index contributed by atoms with van der Waals surface area (Å²) in [4.78, 5) is 0. The predicted molar refractivity (Wildman–Crippen MR) is 76.4 cm³/mol. The van der Waals surface area contributed by atoms with Crippen LogP contribution >= 0.6 is 0 Å². The second kappa shape index (κ2) is 5.45. The van der Waals surface area contributed by atoms with Crippen LogP contribution in [0, 0.1) is 13.8 Å². The molecule has 0 saturated carbocycles. The largest absolute Gasteiger partial charge is 0.496 e. The summed E-state index contributed by atoms with van der Waals surface area (Å²) in [6, 6.07) is 8.01. The Hall–Kier alpha value is -1.81. The molecule has 4 nitrogen and oxygen atoms in total. The highest BCUT2D eigenvalue weighted by Crippen LogP contribution is 2.23. The molecule has 0 aliphatic rings. The lowest BCUT2D eigenvalue weighted by molar-refractivity contribution is 0.407. The first kappa shape index (κ1) is 13.6. The van der Waals surface area contributed by atoms with Crippen LogP contribution in [0.4, 0.5) is 0 Å². The van der Waals surface area contributed by atoms with E-state index < -0.39 is 0 Å². The Morgan fingerprint density at radius 1 is 1.32 bits per heavy atom. The smallest absolute Gasteiger partial charge is 0.123 e. The zero-order chi connectivity index (χ0) is 14.0. The standard InChI is InChI=1S/C15H21N3O/c1-10(16)15-11(2)17-18(12(15)3)9-13-7-5-6-8-14(13)19-4/h5-8,10H,9,16H2,1-4H3. The van der Waals surface area contributed by atoms with E-state index in [0.717, 1.165) is 28.3 Å². The van der Waals surface area contributed by atoms with E-state index in [1.165, 1.54) is 0 Å². The molecule has 0 spiro atoms. The predicted octanol–water partition coefficient (Wildman–Crippen LogP) is 2.58. The van der Waals surface area contributed by atoms with E-state index in [1.54, 1.807) is 7.11 Å². The third kappa shape index (κ3) is 2.63. The molecular formula is C15H21N3O. The van der Waals surface area contributed by atoms with E-state index in [2.05, 4.69) is 18.1 Å². The van der Waals surface area contributed by atoms with Gasteiger partial charge in [-0.15, -0.1) is 0 Å². The van der Waals surface area contributed by atoms with Gasteiger partial charge in [-0.1, -0.05) is 18.2 Å². The number of hydrogen-bond donors (Lipinski definition) is 1. The van der Waals surface area contributed by atoms with E-state index in [4.69, 9.17) is 10.5 Å². The summed E-state index contributed by atoms with van der Waals surface area (Å²) in [5.41, 5.74) is 10.4. The fourth-order valence-corrected chi connectivity index (χ4v) is 2.52. The number of nitrogens with two attached hydrogens (primary N) is 1. The van der Waals surface area contributed by atoms with Gasteiger partial charge in [0.1, 0.15) is 5.75 Å². The highest BCUT2D eigenvalue weighted by atomic mass is 16.5. The van der Waals surface area contributed by atoms with E-state index in [0.29, 0.717) is 6.54 Å². The van der Waals surface area contributed by atoms with E-state index in [9.17, 15) is 0 Å². The highest BCUT2D eigenvalue weighted by Gasteiger charge is 2.15. The summed E-state index contributed by atoms with van der Waals surface area (Å²) in [5, 5.41) is 4.58. The van der Waals surface area contributed by atoms with Gasteiger partial charge >= 0.3 is 0 Å². The second-order valence-corrected chi connectivity index (χ2v) is 4.84.